The summed E-state index contributed by atoms with van der Waals surface area (Å²) >= 11 is 0. The first kappa shape index (κ1) is 18.6. The summed E-state index contributed by atoms with van der Waals surface area (Å²) in [4.78, 5) is 7.35. The molecule has 1 aliphatic rings. The second kappa shape index (κ2) is 7.80. The number of likely N-dealkylation sites (N-methyl/N-ethyl adjacent to an activating group) is 1. The topological polar surface area (TPSA) is 82.9 Å². The van der Waals surface area contributed by atoms with Gasteiger partial charge in [0.1, 0.15) is 11.6 Å². The van der Waals surface area contributed by atoms with Gasteiger partial charge in [0.2, 0.25) is 0 Å². The molecule has 4 aromatic rings. The number of benzene rings is 2. The molecule has 6 heteroatoms. The van der Waals surface area contributed by atoms with E-state index in [1.165, 1.54) is 22.3 Å². The number of pyridine rings is 1. The van der Waals surface area contributed by atoms with Crippen molar-refractivity contribution in [3.05, 3.63) is 82.9 Å². The molecule has 1 aliphatic heterocycles. The van der Waals surface area contributed by atoms with E-state index >= 15 is 0 Å². The molecule has 3 heterocycles. The monoisotopic (exact) mass is 398 g/mol. The molecule has 0 saturated heterocycles. The maximum absolute atomic E-state index is 6.21. The number of aromatic nitrogens is 3. The second-order valence-electron chi connectivity index (χ2n) is 7.77. The number of nitrogens with two attached hydrogens (primary N) is 1. The first-order valence-electron chi connectivity index (χ1n) is 10.5. The number of rotatable bonds is 5. The van der Waals surface area contributed by atoms with Crippen molar-refractivity contribution >= 4 is 22.7 Å². The number of hydrogen-bond donors (Lipinski definition) is 3. The summed E-state index contributed by atoms with van der Waals surface area (Å²) in [6.45, 7) is 5.09. The quantitative estimate of drug-likeness (QED) is 0.471. The van der Waals surface area contributed by atoms with Crippen molar-refractivity contribution in [2.75, 3.05) is 24.1 Å². The highest BCUT2D eigenvalue weighted by Crippen LogP contribution is 2.35. The van der Waals surface area contributed by atoms with Gasteiger partial charge in [-0.15, -0.1) is 0 Å². The van der Waals surface area contributed by atoms with Crippen LogP contribution in [0.3, 0.4) is 0 Å². The number of fused-ring (bicyclic) bond motifs is 3. The Bertz CT molecular complexity index is 1110. The van der Waals surface area contributed by atoms with Crippen LogP contribution in [-0.4, -0.2) is 33.2 Å². The van der Waals surface area contributed by atoms with E-state index in [-0.39, 0.29) is 6.04 Å². The fourth-order valence-corrected chi connectivity index (χ4v) is 4.39. The number of anilines is 2. The fourth-order valence-electron chi connectivity index (χ4n) is 4.39. The minimum absolute atomic E-state index is 0.00487. The Hall–Kier alpha value is -3.38. The van der Waals surface area contributed by atoms with Gasteiger partial charge in [0.05, 0.1) is 11.4 Å². The third-order valence-electron chi connectivity index (χ3n) is 6.00. The molecule has 0 aliphatic carbocycles. The summed E-state index contributed by atoms with van der Waals surface area (Å²) in [6, 6.07) is 21.0. The number of nitrogens with zero attached hydrogens (tertiary/aromatic N) is 3. The maximum atomic E-state index is 6.21. The molecule has 0 spiro atoms. The molecular formula is C24H26N6. The fraction of sp³-hybridized carbons (Fsp3) is 0.250. The number of nitrogens with one attached hydrogen (secondary N) is 2. The van der Waals surface area contributed by atoms with Crippen LogP contribution >= 0.6 is 0 Å². The van der Waals surface area contributed by atoms with Crippen molar-refractivity contribution in [3.8, 4) is 0 Å². The first-order valence-corrected chi connectivity index (χ1v) is 10.5. The highest BCUT2D eigenvalue weighted by atomic mass is 15.2. The Kier molecular flexibility index (Phi) is 4.85. The van der Waals surface area contributed by atoms with E-state index in [1.54, 1.807) is 0 Å². The third kappa shape index (κ3) is 3.29. The van der Waals surface area contributed by atoms with Crippen molar-refractivity contribution < 1.29 is 0 Å². The van der Waals surface area contributed by atoms with Crippen molar-refractivity contribution in [3.63, 3.8) is 0 Å². The van der Waals surface area contributed by atoms with E-state index in [9.17, 15) is 0 Å². The molecule has 152 valence electrons. The van der Waals surface area contributed by atoms with Gasteiger partial charge in [0, 0.05) is 18.7 Å². The zero-order chi connectivity index (χ0) is 20.5. The van der Waals surface area contributed by atoms with Gasteiger partial charge in [0.15, 0.2) is 5.65 Å². The van der Waals surface area contributed by atoms with E-state index in [2.05, 4.69) is 75.9 Å². The van der Waals surface area contributed by atoms with Crippen LogP contribution in [-0.2, 0) is 13.0 Å². The predicted molar refractivity (Wildman–Crippen MR) is 121 cm³/mol. The van der Waals surface area contributed by atoms with E-state index < -0.39 is 0 Å². The molecule has 30 heavy (non-hydrogen) atoms. The predicted octanol–water partition coefficient (Wildman–Crippen LogP) is 4.12. The number of H-pyrrole nitrogens is 1. The summed E-state index contributed by atoms with van der Waals surface area (Å²) in [6.07, 6.45) is 0.946. The van der Waals surface area contributed by atoms with Gasteiger partial charge in [0.25, 0.3) is 0 Å². The number of nitrogen functional groups attached to an aromatic ring is 1. The summed E-state index contributed by atoms with van der Waals surface area (Å²) in [5, 5.41) is 12.0. The van der Waals surface area contributed by atoms with Crippen LogP contribution in [0, 0.1) is 0 Å². The number of aromatic amines is 1. The lowest BCUT2D eigenvalue weighted by atomic mass is 9.95. The first-order chi connectivity index (χ1) is 14.7. The molecule has 0 fully saturated rings. The van der Waals surface area contributed by atoms with Gasteiger partial charge in [-0.3, -0.25) is 10.00 Å². The van der Waals surface area contributed by atoms with Gasteiger partial charge in [-0.1, -0.05) is 67.6 Å². The molecule has 0 atom stereocenters. The van der Waals surface area contributed by atoms with Crippen LogP contribution in [0.5, 0.6) is 0 Å². The zero-order valence-electron chi connectivity index (χ0n) is 17.1. The Morgan fingerprint density at radius 3 is 2.33 bits per heavy atom. The van der Waals surface area contributed by atoms with Crippen LogP contribution in [0.25, 0.3) is 11.0 Å². The van der Waals surface area contributed by atoms with Gasteiger partial charge in [-0.2, -0.15) is 5.10 Å². The van der Waals surface area contributed by atoms with Crippen molar-refractivity contribution in [1.29, 1.82) is 0 Å². The van der Waals surface area contributed by atoms with Crippen molar-refractivity contribution in [2.24, 2.45) is 0 Å². The van der Waals surface area contributed by atoms with Gasteiger partial charge < -0.3 is 11.1 Å². The van der Waals surface area contributed by atoms with Gasteiger partial charge in [-0.05, 0) is 29.7 Å². The van der Waals surface area contributed by atoms with Crippen LogP contribution in [0.15, 0.2) is 60.7 Å². The Morgan fingerprint density at radius 2 is 1.70 bits per heavy atom. The summed E-state index contributed by atoms with van der Waals surface area (Å²) in [5.74, 6) is 1.49. The molecule has 0 radical (unpaired) electrons. The minimum Gasteiger partial charge on any atom is -0.384 e. The molecule has 4 N–H and O–H groups in total. The van der Waals surface area contributed by atoms with Crippen LogP contribution in [0.1, 0.15) is 35.2 Å². The second-order valence-corrected chi connectivity index (χ2v) is 7.77. The average Bonchev–Trinajstić information content (AvgIpc) is 3.18. The molecule has 2 aromatic carbocycles. The zero-order valence-corrected chi connectivity index (χ0v) is 17.1. The van der Waals surface area contributed by atoms with E-state index in [1.807, 2.05) is 12.1 Å². The van der Waals surface area contributed by atoms with Crippen molar-refractivity contribution in [2.45, 2.75) is 25.9 Å². The van der Waals surface area contributed by atoms with Crippen LogP contribution in [0.2, 0.25) is 0 Å². The summed E-state index contributed by atoms with van der Waals surface area (Å²) < 4.78 is 0. The highest BCUT2D eigenvalue weighted by molar-refractivity contribution is 5.92. The molecule has 0 amide bonds. The number of hydrogen-bond acceptors (Lipinski definition) is 5. The Morgan fingerprint density at radius 1 is 1.03 bits per heavy atom. The molecule has 0 saturated carbocycles. The van der Waals surface area contributed by atoms with Crippen molar-refractivity contribution in [1.82, 2.24) is 20.1 Å². The molecule has 0 bridgehead atoms. The third-order valence-corrected chi connectivity index (χ3v) is 6.00. The normalized spacial score (nSPS) is 14.2. The van der Waals surface area contributed by atoms with Crippen LogP contribution in [0.4, 0.5) is 11.6 Å². The van der Waals surface area contributed by atoms with E-state index in [4.69, 9.17) is 10.7 Å². The molecular weight excluding hydrogens is 372 g/mol. The lowest BCUT2D eigenvalue weighted by Crippen LogP contribution is -2.31. The molecule has 5 rings (SSSR count). The van der Waals surface area contributed by atoms with E-state index in [0.29, 0.717) is 11.5 Å². The van der Waals surface area contributed by atoms with E-state index in [0.717, 1.165) is 37.3 Å². The highest BCUT2D eigenvalue weighted by Gasteiger charge is 2.26. The summed E-state index contributed by atoms with van der Waals surface area (Å²) in [7, 11) is 0. The molecule has 2 aromatic heterocycles. The maximum Gasteiger partial charge on any atom is 0.185 e. The van der Waals surface area contributed by atoms with Gasteiger partial charge >= 0.3 is 0 Å². The largest absolute Gasteiger partial charge is 0.384 e. The Balaban J connectivity index is 1.64. The standard InChI is InChI=1S/C24H26N6/c1-2-30-14-13-18-19(15-30)23(27-24-20(18)22(25)28-29-24)26-21(16-9-5-3-6-10-16)17-11-7-4-8-12-17/h3-12,21H,2,13-15H2,1H3,(H4,25,26,27,28,29). The SMILES string of the molecule is CCN1CCc2c(c(NC(c3ccccc3)c3ccccc3)nc3n[nH]c(N)c23)C1. The lowest BCUT2D eigenvalue weighted by molar-refractivity contribution is 0.269. The molecule has 0 unspecified atom stereocenters. The minimum atomic E-state index is -0.00487. The van der Waals surface area contributed by atoms with Crippen LogP contribution < -0.4 is 11.1 Å². The lowest BCUT2D eigenvalue weighted by Gasteiger charge is -2.31. The van der Waals surface area contributed by atoms with Gasteiger partial charge in [-0.25, -0.2) is 4.98 Å². The molecule has 6 nitrogen and oxygen atoms in total. The average molecular weight is 399 g/mol. The smallest absolute Gasteiger partial charge is 0.185 e. The Labute approximate surface area is 176 Å². The summed E-state index contributed by atoms with van der Waals surface area (Å²) in [5.41, 5.74) is 11.8.